The zero-order chi connectivity index (χ0) is 31.8. The Balaban J connectivity index is 1.20. The predicted molar refractivity (Wildman–Crippen MR) is 179 cm³/mol. The molecule has 232 valence electrons. The number of hydrogen-bond acceptors (Lipinski definition) is 6. The first-order valence-electron chi connectivity index (χ1n) is 15.9. The van der Waals surface area contributed by atoms with Crippen molar-refractivity contribution in [3.63, 3.8) is 0 Å². The molecule has 0 unspecified atom stereocenters. The number of anilines is 1. The molecule has 4 aromatic carbocycles. The SMILES string of the molecule is C/C(=C\c1ccc(O)c2ccccc12)CC[C@H]1OB(O)C[C@H]2C1=C(COc1ccccc1)C[C@H]1C(=O)N(c3ccccc3)C(=O)[C@H]12. The van der Waals surface area contributed by atoms with Crippen LogP contribution in [-0.2, 0) is 14.2 Å². The minimum absolute atomic E-state index is 0.199. The summed E-state index contributed by atoms with van der Waals surface area (Å²) in [6.45, 7) is 2.34. The van der Waals surface area contributed by atoms with Gasteiger partial charge in [-0.3, -0.25) is 14.5 Å². The number of phenols is 1. The standard InChI is InChI=1S/C38H36BNO6/c1-24(20-25-17-18-33(41)30-15-9-8-14-29(25)30)16-19-34-35-26(23-45-28-12-6-3-7-13-28)21-31-36(32(35)22-39(44)46-34)38(43)40(37(31)42)27-10-4-2-5-11-27/h2-15,17-18,20,31-32,34,36,41,44H,16,19,21-23H2,1H3/b24-20+/t31-,32+,34-,36-/m1/s1. The normalized spacial score (nSPS) is 23.1. The van der Waals surface area contributed by atoms with E-state index >= 15 is 0 Å². The lowest BCUT2D eigenvalue weighted by molar-refractivity contribution is -0.122. The van der Waals surface area contributed by atoms with Gasteiger partial charge in [0.2, 0.25) is 11.8 Å². The molecule has 0 spiro atoms. The Morgan fingerprint density at radius 3 is 2.37 bits per heavy atom. The molecule has 2 amide bonds. The number of hydrogen-bond donors (Lipinski definition) is 2. The first kappa shape index (κ1) is 30.0. The van der Waals surface area contributed by atoms with Gasteiger partial charge in [-0.2, -0.15) is 0 Å². The number of imide groups is 1. The molecule has 3 aliphatic rings. The summed E-state index contributed by atoms with van der Waals surface area (Å²) in [5, 5.41) is 23.1. The zero-order valence-corrected chi connectivity index (χ0v) is 25.7. The lowest BCUT2D eigenvalue weighted by Crippen LogP contribution is -2.46. The molecule has 7 nitrogen and oxygen atoms in total. The van der Waals surface area contributed by atoms with E-state index in [4.69, 9.17) is 9.39 Å². The molecule has 7 rings (SSSR count). The van der Waals surface area contributed by atoms with Crippen LogP contribution in [0.1, 0.15) is 31.7 Å². The Hall–Kier alpha value is -4.66. The van der Waals surface area contributed by atoms with E-state index in [0.29, 0.717) is 24.9 Å². The van der Waals surface area contributed by atoms with E-state index < -0.39 is 25.1 Å². The van der Waals surface area contributed by atoms with Gasteiger partial charge in [-0.1, -0.05) is 78.4 Å². The number of benzene rings is 4. The van der Waals surface area contributed by atoms with E-state index in [9.17, 15) is 19.7 Å². The van der Waals surface area contributed by atoms with Crippen LogP contribution in [0.4, 0.5) is 5.69 Å². The minimum atomic E-state index is -1.05. The smallest absolute Gasteiger partial charge is 0.455 e. The quantitative estimate of drug-likeness (QED) is 0.129. The second-order valence-electron chi connectivity index (χ2n) is 12.5. The fraction of sp³-hybridized carbons (Fsp3) is 0.263. The third kappa shape index (κ3) is 5.63. The summed E-state index contributed by atoms with van der Waals surface area (Å²) in [6.07, 6.45) is 3.63. The number of phenolic OH excluding ortho intramolecular Hbond substituents is 1. The number of amides is 2. The molecule has 4 aromatic rings. The van der Waals surface area contributed by atoms with Crippen molar-refractivity contribution < 1.29 is 29.1 Å². The van der Waals surface area contributed by atoms with Crippen molar-refractivity contribution in [1.82, 2.24) is 0 Å². The van der Waals surface area contributed by atoms with Gasteiger partial charge in [0.15, 0.2) is 0 Å². The lowest BCUT2D eigenvalue weighted by Gasteiger charge is -2.43. The first-order valence-corrected chi connectivity index (χ1v) is 15.9. The maximum atomic E-state index is 14.0. The predicted octanol–water partition coefficient (Wildman–Crippen LogP) is 6.81. The summed E-state index contributed by atoms with van der Waals surface area (Å²) in [7, 11) is -1.05. The minimum Gasteiger partial charge on any atom is -0.507 e. The lowest BCUT2D eigenvalue weighted by atomic mass is 9.58. The Labute approximate surface area is 268 Å². The summed E-state index contributed by atoms with van der Waals surface area (Å²) >= 11 is 0. The van der Waals surface area contributed by atoms with Gasteiger partial charge in [0.25, 0.3) is 0 Å². The second-order valence-corrected chi connectivity index (χ2v) is 12.5. The number of carbonyl (C=O) groups is 2. The Kier molecular flexibility index (Phi) is 8.24. The summed E-state index contributed by atoms with van der Waals surface area (Å²) in [6, 6.07) is 30.1. The molecule has 4 atom stereocenters. The monoisotopic (exact) mass is 613 g/mol. The summed E-state index contributed by atoms with van der Waals surface area (Å²) in [4.78, 5) is 29.2. The van der Waals surface area contributed by atoms with Crippen LogP contribution < -0.4 is 9.64 Å². The van der Waals surface area contributed by atoms with Gasteiger partial charge in [0, 0.05) is 5.39 Å². The van der Waals surface area contributed by atoms with Crippen molar-refractivity contribution in [2.24, 2.45) is 17.8 Å². The van der Waals surface area contributed by atoms with Crippen molar-refractivity contribution in [2.45, 2.75) is 38.6 Å². The molecule has 8 heteroatoms. The van der Waals surface area contributed by atoms with Crippen molar-refractivity contribution >= 4 is 41.5 Å². The van der Waals surface area contributed by atoms with Crippen LogP contribution in [0.25, 0.3) is 16.8 Å². The third-order valence-electron chi connectivity index (χ3n) is 9.62. The van der Waals surface area contributed by atoms with Crippen molar-refractivity contribution in [1.29, 1.82) is 0 Å². The van der Waals surface area contributed by atoms with Gasteiger partial charge in [-0.25, -0.2) is 0 Å². The van der Waals surface area contributed by atoms with Gasteiger partial charge in [0.05, 0.1) is 23.6 Å². The Morgan fingerprint density at radius 1 is 0.913 bits per heavy atom. The van der Waals surface area contributed by atoms with Gasteiger partial charge in [0.1, 0.15) is 18.1 Å². The van der Waals surface area contributed by atoms with Gasteiger partial charge < -0.3 is 19.5 Å². The number of fused-ring (bicyclic) bond motifs is 4. The van der Waals surface area contributed by atoms with Crippen molar-refractivity contribution in [3.05, 3.63) is 119 Å². The Bertz CT molecular complexity index is 1840. The highest BCUT2D eigenvalue weighted by Crippen LogP contribution is 2.51. The molecule has 1 aliphatic carbocycles. The number of carbonyl (C=O) groups excluding carboxylic acids is 2. The highest BCUT2D eigenvalue weighted by atomic mass is 16.5. The molecule has 46 heavy (non-hydrogen) atoms. The highest BCUT2D eigenvalue weighted by molar-refractivity contribution is 6.43. The van der Waals surface area contributed by atoms with E-state index in [1.54, 1.807) is 18.2 Å². The first-order chi connectivity index (χ1) is 22.4. The van der Waals surface area contributed by atoms with Crippen LogP contribution in [0, 0.1) is 17.8 Å². The van der Waals surface area contributed by atoms with Gasteiger partial charge in [-0.15, -0.1) is 0 Å². The van der Waals surface area contributed by atoms with Crippen molar-refractivity contribution in [2.75, 3.05) is 11.5 Å². The average Bonchev–Trinajstić information content (AvgIpc) is 3.33. The van der Waals surface area contributed by atoms with Crippen molar-refractivity contribution in [3.8, 4) is 11.5 Å². The summed E-state index contributed by atoms with van der Waals surface area (Å²) in [5.41, 5.74) is 4.66. The molecular formula is C38H36BNO6. The number of para-hydroxylation sites is 2. The van der Waals surface area contributed by atoms with Crippen LogP contribution in [0.3, 0.4) is 0 Å². The van der Waals surface area contributed by atoms with Crippen LogP contribution in [-0.4, -0.2) is 41.8 Å². The summed E-state index contributed by atoms with van der Waals surface area (Å²) < 4.78 is 12.4. The molecule has 0 radical (unpaired) electrons. The number of ether oxygens (including phenoxy) is 1. The molecule has 0 aromatic heterocycles. The highest BCUT2D eigenvalue weighted by Gasteiger charge is 2.57. The molecule has 2 saturated heterocycles. The maximum Gasteiger partial charge on any atom is 0.455 e. The van der Waals surface area contributed by atoms with Crippen LogP contribution in [0.5, 0.6) is 11.5 Å². The topological polar surface area (TPSA) is 96.3 Å². The van der Waals surface area contributed by atoms with E-state index in [0.717, 1.165) is 38.8 Å². The zero-order valence-electron chi connectivity index (χ0n) is 25.7. The largest absolute Gasteiger partial charge is 0.507 e. The number of allylic oxidation sites excluding steroid dienone is 1. The van der Waals surface area contributed by atoms with Crippen LogP contribution in [0.15, 0.2) is 114 Å². The van der Waals surface area contributed by atoms with Gasteiger partial charge >= 0.3 is 7.12 Å². The second kappa shape index (κ2) is 12.6. The number of aromatic hydroxyl groups is 1. The molecular weight excluding hydrogens is 577 g/mol. The van der Waals surface area contributed by atoms with Crippen LogP contribution >= 0.6 is 0 Å². The summed E-state index contributed by atoms with van der Waals surface area (Å²) in [5.74, 6) is -0.862. The molecule has 0 bridgehead atoms. The number of nitrogens with zero attached hydrogens (tertiary/aromatic N) is 1. The Morgan fingerprint density at radius 2 is 1.61 bits per heavy atom. The van der Waals surface area contributed by atoms with E-state index in [1.165, 1.54) is 4.90 Å². The third-order valence-corrected chi connectivity index (χ3v) is 9.62. The van der Waals surface area contributed by atoms with Crippen LogP contribution in [0.2, 0.25) is 6.32 Å². The molecule has 2 heterocycles. The molecule has 2 fully saturated rings. The van der Waals surface area contributed by atoms with E-state index in [2.05, 4.69) is 13.0 Å². The fourth-order valence-corrected chi connectivity index (χ4v) is 7.54. The van der Waals surface area contributed by atoms with E-state index in [1.807, 2.05) is 78.9 Å². The van der Waals surface area contributed by atoms with Gasteiger partial charge in [-0.05, 0) is 90.9 Å². The maximum absolute atomic E-state index is 14.0. The molecule has 2 aliphatic heterocycles. The number of rotatable bonds is 8. The van der Waals surface area contributed by atoms with E-state index in [-0.39, 0.29) is 36.4 Å². The average molecular weight is 614 g/mol. The fourth-order valence-electron chi connectivity index (χ4n) is 7.54. The molecule has 0 saturated carbocycles. The molecule has 2 N–H and O–H groups in total.